The van der Waals surface area contributed by atoms with E-state index in [0.29, 0.717) is 11.5 Å². The second-order valence-electron chi connectivity index (χ2n) is 14.1. The minimum Gasteiger partial charge on any atom is -0.504 e. The van der Waals surface area contributed by atoms with Crippen LogP contribution >= 0.6 is 0 Å². The van der Waals surface area contributed by atoms with Crippen LogP contribution < -0.4 is 14.2 Å². The van der Waals surface area contributed by atoms with Crippen LogP contribution in [-0.4, -0.2) is 23.8 Å². The number of aromatic hydroxyl groups is 1. The van der Waals surface area contributed by atoms with Gasteiger partial charge in [-0.2, -0.15) is 0 Å². The van der Waals surface area contributed by atoms with Crippen molar-refractivity contribution in [3.8, 4) is 23.0 Å². The molecule has 1 aliphatic heterocycles. The second-order valence-corrected chi connectivity index (χ2v) is 14.1. The first kappa shape index (κ1) is 35.5. The summed E-state index contributed by atoms with van der Waals surface area (Å²) in [6.07, 6.45) is 16.6. The van der Waals surface area contributed by atoms with Gasteiger partial charge in [-0.1, -0.05) is 78.7 Å². The van der Waals surface area contributed by atoms with Gasteiger partial charge in [-0.3, -0.25) is 0 Å². The Balaban J connectivity index is 1.54. The summed E-state index contributed by atoms with van der Waals surface area (Å²) >= 11 is 0. The Morgan fingerprint density at radius 3 is 2.23 bits per heavy atom. The molecule has 44 heavy (non-hydrogen) atoms. The van der Waals surface area contributed by atoms with Crippen molar-refractivity contribution in [3.63, 3.8) is 0 Å². The Bertz CT molecular complexity index is 1280. The van der Waals surface area contributed by atoms with Gasteiger partial charge in [0, 0.05) is 11.6 Å². The van der Waals surface area contributed by atoms with Crippen LogP contribution in [0, 0.1) is 38.5 Å². The molecule has 3 rings (SSSR count). The Morgan fingerprint density at radius 2 is 1.59 bits per heavy atom. The number of methoxy groups -OCH3 is 1. The van der Waals surface area contributed by atoms with Gasteiger partial charge in [0.2, 0.25) is 0 Å². The van der Waals surface area contributed by atoms with E-state index in [4.69, 9.17) is 14.2 Å². The molecule has 0 saturated heterocycles. The van der Waals surface area contributed by atoms with Crippen molar-refractivity contribution in [2.75, 3.05) is 7.11 Å². The largest absolute Gasteiger partial charge is 0.504 e. The fourth-order valence-corrected chi connectivity index (χ4v) is 6.51. The minimum absolute atomic E-state index is 0.0548. The van der Waals surface area contributed by atoms with Gasteiger partial charge in [0.25, 0.3) is 0 Å². The topological polar surface area (TPSA) is 65.0 Å². The molecule has 5 heteroatoms. The van der Waals surface area contributed by atoms with Crippen LogP contribution in [0.3, 0.4) is 0 Å². The molecule has 1 aliphatic rings. The van der Waals surface area contributed by atoms with Crippen molar-refractivity contribution in [2.45, 2.75) is 132 Å². The van der Waals surface area contributed by atoms with E-state index < -0.39 is 5.97 Å². The third-order valence-electron chi connectivity index (χ3n) is 9.66. The summed E-state index contributed by atoms with van der Waals surface area (Å²) in [6.45, 7) is 17.9. The zero-order valence-electron chi connectivity index (χ0n) is 29.0. The third kappa shape index (κ3) is 10.0. The normalized spacial score (nSPS) is 17.8. The predicted octanol–water partition coefficient (Wildman–Crippen LogP) is 10.5. The van der Waals surface area contributed by atoms with E-state index in [1.807, 2.05) is 13.8 Å². The number of phenols is 1. The van der Waals surface area contributed by atoms with E-state index in [0.717, 1.165) is 70.6 Å². The maximum Gasteiger partial charge on any atom is 0.336 e. The molecule has 0 spiro atoms. The maximum absolute atomic E-state index is 12.8. The number of ether oxygens (including phenoxy) is 3. The van der Waals surface area contributed by atoms with Gasteiger partial charge in [0.05, 0.1) is 7.11 Å². The monoisotopic (exact) mass is 606 g/mol. The highest BCUT2D eigenvalue weighted by Gasteiger charge is 2.34. The Kier molecular flexibility index (Phi) is 13.2. The predicted molar refractivity (Wildman–Crippen MR) is 182 cm³/mol. The molecule has 2 aromatic rings. The molecule has 0 unspecified atom stereocenters. The number of hydrogen-bond donors (Lipinski definition) is 1. The van der Waals surface area contributed by atoms with Crippen LogP contribution in [0.5, 0.6) is 23.0 Å². The molecular formula is C39H58O5. The molecule has 0 aliphatic carbocycles. The van der Waals surface area contributed by atoms with Crippen molar-refractivity contribution in [2.24, 2.45) is 17.8 Å². The molecule has 1 N–H and O–H groups in total. The summed E-state index contributed by atoms with van der Waals surface area (Å²) in [6, 6.07) is 4.93. The summed E-state index contributed by atoms with van der Waals surface area (Å²) in [4.78, 5) is 12.8. The first-order valence-corrected chi connectivity index (χ1v) is 16.9. The van der Waals surface area contributed by atoms with Crippen LogP contribution in [0.2, 0.25) is 0 Å². The molecule has 0 bridgehead atoms. The number of benzene rings is 2. The van der Waals surface area contributed by atoms with Crippen LogP contribution in [0.15, 0.2) is 24.3 Å². The fourth-order valence-electron chi connectivity index (χ4n) is 6.51. The smallest absolute Gasteiger partial charge is 0.336 e. The van der Waals surface area contributed by atoms with Crippen LogP contribution in [0.25, 0.3) is 6.08 Å². The van der Waals surface area contributed by atoms with E-state index in [1.165, 1.54) is 70.6 Å². The Morgan fingerprint density at radius 1 is 0.955 bits per heavy atom. The third-order valence-corrected chi connectivity index (χ3v) is 9.66. The van der Waals surface area contributed by atoms with E-state index >= 15 is 0 Å². The van der Waals surface area contributed by atoms with E-state index in [9.17, 15) is 9.90 Å². The number of esters is 1. The van der Waals surface area contributed by atoms with Gasteiger partial charge in [-0.15, -0.1) is 0 Å². The van der Waals surface area contributed by atoms with Crippen molar-refractivity contribution < 1.29 is 24.1 Å². The van der Waals surface area contributed by atoms with Gasteiger partial charge < -0.3 is 19.3 Å². The molecule has 0 saturated carbocycles. The van der Waals surface area contributed by atoms with Gasteiger partial charge in [-0.25, -0.2) is 4.79 Å². The summed E-state index contributed by atoms with van der Waals surface area (Å²) in [5, 5.41) is 9.81. The molecule has 0 amide bonds. The second kappa shape index (κ2) is 16.4. The van der Waals surface area contributed by atoms with Gasteiger partial charge >= 0.3 is 5.97 Å². The zero-order chi connectivity index (χ0) is 32.4. The molecule has 244 valence electrons. The van der Waals surface area contributed by atoms with Crippen molar-refractivity contribution >= 4 is 12.0 Å². The van der Waals surface area contributed by atoms with E-state index in [1.54, 1.807) is 18.2 Å². The summed E-state index contributed by atoms with van der Waals surface area (Å²) in [5.74, 6) is 3.98. The summed E-state index contributed by atoms with van der Waals surface area (Å²) in [5.41, 5.74) is 4.67. The molecular weight excluding hydrogens is 548 g/mol. The van der Waals surface area contributed by atoms with Crippen LogP contribution in [0.4, 0.5) is 0 Å². The van der Waals surface area contributed by atoms with Crippen LogP contribution in [0.1, 0.15) is 127 Å². The molecule has 1 heterocycles. The van der Waals surface area contributed by atoms with E-state index in [-0.39, 0.29) is 11.4 Å². The quantitative estimate of drug-likeness (QED) is 0.117. The van der Waals surface area contributed by atoms with Gasteiger partial charge in [-0.05, 0) is 112 Å². The fraction of sp³-hybridized carbons (Fsp3) is 0.615. The first-order valence-electron chi connectivity index (χ1n) is 16.9. The maximum atomic E-state index is 12.8. The SMILES string of the molecule is COc1cc(C=CC(=O)Oc2c(C)c(C)c3c(c2C)CC[C@@](C)(CCC[C@H](C)CCC[C@H](C)CCCC(C)C)O3)ccc1O. The lowest BCUT2D eigenvalue weighted by molar-refractivity contribution is -0.129. The van der Waals surface area contributed by atoms with Gasteiger partial charge in [0.1, 0.15) is 17.1 Å². The average molecular weight is 607 g/mol. The zero-order valence-corrected chi connectivity index (χ0v) is 29.0. The summed E-state index contributed by atoms with van der Waals surface area (Å²) in [7, 11) is 1.49. The first-order chi connectivity index (χ1) is 20.8. The number of fused-ring (bicyclic) bond motifs is 1. The highest BCUT2D eigenvalue weighted by molar-refractivity contribution is 5.89. The van der Waals surface area contributed by atoms with Gasteiger partial charge in [0.15, 0.2) is 11.5 Å². The lowest BCUT2D eigenvalue weighted by atomic mass is 9.83. The number of hydrogen-bond acceptors (Lipinski definition) is 5. The minimum atomic E-state index is -0.445. The number of phenolic OH excluding ortho intramolecular Hbond substituents is 1. The lowest BCUT2D eigenvalue weighted by Gasteiger charge is -2.38. The highest BCUT2D eigenvalue weighted by Crippen LogP contribution is 2.45. The van der Waals surface area contributed by atoms with Crippen molar-refractivity contribution in [1.82, 2.24) is 0 Å². The number of rotatable bonds is 16. The molecule has 2 aromatic carbocycles. The Labute approximate surface area is 267 Å². The molecule has 0 fully saturated rings. The van der Waals surface area contributed by atoms with Crippen molar-refractivity contribution in [3.05, 3.63) is 52.1 Å². The molecule has 5 nitrogen and oxygen atoms in total. The van der Waals surface area contributed by atoms with Crippen LogP contribution in [-0.2, 0) is 11.2 Å². The standard InChI is InChI=1S/C39H58O5/c1-26(2)13-10-14-27(3)15-11-16-28(4)17-12-23-39(8)24-22-33-31(7)37(29(5)30(6)38(33)44-39)43-36(41)21-19-32-18-20-34(40)35(25-32)42-9/h18-21,25-28,40H,10-17,22-24H2,1-9H3/t27-,28-,39-/m1/s1. The molecule has 3 atom stereocenters. The number of carbonyl (C=O) groups excluding carboxylic acids is 1. The average Bonchev–Trinajstić information content (AvgIpc) is 2.97. The molecule has 0 aromatic heterocycles. The van der Waals surface area contributed by atoms with E-state index in [2.05, 4.69) is 41.5 Å². The van der Waals surface area contributed by atoms with Crippen molar-refractivity contribution in [1.29, 1.82) is 0 Å². The Hall–Kier alpha value is -2.95. The lowest BCUT2D eigenvalue weighted by Crippen LogP contribution is -2.37. The summed E-state index contributed by atoms with van der Waals surface area (Å²) < 4.78 is 17.8. The highest BCUT2D eigenvalue weighted by atomic mass is 16.5. The molecule has 0 radical (unpaired) electrons. The number of carbonyl (C=O) groups is 1.